The standard InChI is InChI=1S/C15H30O6/c1-3-4-5-6-17-7-8-18-9-10-19-11-12-20-13-14-21-15(2)16/h3-14H2,1-2H3. The van der Waals surface area contributed by atoms with Gasteiger partial charge in [0, 0.05) is 13.5 Å². The lowest BCUT2D eigenvalue weighted by molar-refractivity contribution is -0.142. The molecule has 0 amide bonds. The van der Waals surface area contributed by atoms with E-state index in [1.54, 1.807) is 0 Å². The fourth-order valence-corrected chi connectivity index (χ4v) is 1.46. The zero-order valence-electron chi connectivity index (χ0n) is 13.4. The maximum atomic E-state index is 10.5. The molecule has 0 unspecified atom stereocenters. The molecule has 0 rings (SSSR count). The van der Waals surface area contributed by atoms with Crippen LogP contribution in [0.2, 0.25) is 0 Å². The SMILES string of the molecule is CCCCCOCCOCCOCCOCCOC(C)=O. The van der Waals surface area contributed by atoms with Gasteiger partial charge < -0.3 is 23.7 Å². The highest BCUT2D eigenvalue weighted by Gasteiger charge is 1.94. The van der Waals surface area contributed by atoms with Crippen molar-refractivity contribution in [3.05, 3.63) is 0 Å². The van der Waals surface area contributed by atoms with E-state index in [2.05, 4.69) is 6.92 Å². The molecule has 0 aliphatic carbocycles. The summed E-state index contributed by atoms with van der Waals surface area (Å²) in [6.45, 7) is 8.41. The lowest BCUT2D eigenvalue weighted by Crippen LogP contribution is -2.13. The van der Waals surface area contributed by atoms with Gasteiger partial charge in [0.2, 0.25) is 0 Å². The molecule has 6 heteroatoms. The Bertz CT molecular complexity index is 222. The average Bonchev–Trinajstić information content (AvgIpc) is 2.46. The maximum Gasteiger partial charge on any atom is 0.302 e. The number of ether oxygens (including phenoxy) is 5. The lowest BCUT2D eigenvalue weighted by atomic mass is 10.3. The summed E-state index contributed by atoms with van der Waals surface area (Å²) in [5.74, 6) is -0.290. The monoisotopic (exact) mass is 306 g/mol. The van der Waals surface area contributed by atoms with Crippen LogP contribution in [-0.2, 0) is 28.5 Å². The lowest BCUT2D eigenvalue weighted by Gasteiger charge is -2.07. The molecule has 126 valence electrons. The quantitative estimate of drug-likeness (QED) is 0.320. The minimum Gasteiger partial charge on any atom is -0.463 e. The minimum absolute atomic E-state index is 0.288. The number of rotatable bonds is 16. The van der Waals surface area contributed by atoms with E-state index in [-0.39, 0.29) is 12.6 Å². The summed E-state index contributed by atoms with van der Waals surface area (Å²) in [5, 5.41) is 0. The van der Waals surface area contributed by atoms with E-state index in [0.717, 1.165) is 13.0 Å². The average molecular weight is 306 g/mol. The zero-order valence-corrected chi connectivity index (χ0v) is 13.4. The number of hydrogen-bond acceptors (Lipinski definition) is 6. The first kappa shape index (κ1) is 20.3. The second-order valence-corrected chi connectivity index (χ2v) is 4.50. The summed E-state index contributed by atoms with van der Waals surface area (Å²) in [7, 11) is 0. The molecule has 0 atom stereocenters. The summed E-state index contributed by atoms with van der Waals surface area (Å²) in [6, 6.07) is 0. The van der Waals surface area contributed by atoms with Gasteiger partial charge in [0.15, 0.2) is 0 Å². The smallest absolute Gasteiger partial charge is 0.302 e. The summed E-state index contributed by atoms with van der Waals surface area (Å²) in [6.07, 6.45) is 3.55. The highest BCUT2D eigenvalue weighted by atomic mass is 16.6. The molecule has 0 bridgehead atoms. The molecule has 0 fully saturated rings. The highest BCUT2D eigenvalue weighted by molar-refractivity contribution is 5.65. The van der Waals surface area contributed by atoms with Gasteiger partial charge in [0.05, 0.1) is 46.2 Å². The van der Waals surface area contributed by atoms with Crippen LogP contribution >= 0.6 is 0 Å². The predicted molar refractivity (Wildman–Crippen MR) is 79.4 cm³/mol. The Hall–Kier alpha value is -0.690. The molecule has 0 saturated heterocycles. The second kappa shape index (κ2) is 17.4. The minimum atomic E-state index is -0.290. The van der Waals surface area contributed by atoms with Crippen molar-refractivity contribution < 1.29 is 28.5 Å². The molecule has 0 aliphatic heterocycles. The molecular weight excluding hydrogens is 276 g/mol. The Labute approximate surface area is 128 Å². The van der Waals surface area contributed by atoms with Gasteiger partial charge in [-0.25, -0.2) is 0 Å². The Morgan fingerprint density at radius 3 is 1.52 bits per heavy atom. The van der Waals surface area contributed by atoms with Gasteiger partial charge in [-0.2, -0.15) is 0 Å². The normalized spacial score (nSPS) is 10.8. The van der Waals surface area contributed by atoms with Crippen LogP contribution < -0.4 is 0 Å². The molecule has 0 saturated carbocycles. The number of carbonyl (C=O) groups is 1. The van der Waals surface area contributed by atoms with Gasteiger partial charge in [-0.1, -0.05) is 19.8 Å². The Kier molecular flexibility index (Phi) is 16.8. The summed E-state index contributed by atoms with van der Waals surface area (Å²) in [5.41, 5.74) is 0. The largest absolute Gasteiger partial charge is 0.463 e. The van der Waals surface area contributed by atoms with Crippen molar-refractivity contribution in [3.8, 4) is 0 Å². The number of carbonyl (C=O) groups excluding carboxylic acids is 1. The van der Waals surface area contributed by atoms with Gasteiger partial charge in [0.1, 0.15) is 6.61 Å². The molecule has 0 aromatic carbocycles. The van der Waals surface area contributed by atoms with Crippen LogP contribution in [0.25, 0.3) is 0 Å². The van der Waals surface area contributed by atoms with Crippen LogP contribution in [0.3, 0.4) is 0 Å². The third-order valence-electron chi connectivity index (χ3n) is 2.54. The van der Waals surface area contributed by atoms with Crippen molar-refractivity contribution in [2.45, 2.75) is 33.1 Å². The fraction of sp³-hybridized carbons (Fsp3) is 0.933. The van der Waals surface area contributed by atoms with Crippen LogP contribution in [-0.4, -0.2) is 65.4 Å². The van der Waals surface area contributed by atoms with E-state index in [9.17, 15) is 4.79 Å². The second-order valence-electron chi connectivity index (χ2n) is 4.50. The topological polar surface area (TPSA) is 63.2 Å². The van der Waals surface area contributed by atoms with Gasteiger partial charge in [-0.3, -0.25) is 4.79 Å². The van der Waals surface area contributed by atoms with Gasteiger partial charge in [0.25, 0.3) is 0 Å². The van der Waals surface area contributed by atoms with Crippen molar-refractivity contribution in [3.63, 3.8) is 0 Å². The van der Waals surface area contributed by atoms with E-state index in [0.29, 0.717) is 46.2 Å². The zero-order chi connectivity index (χ0) is 15.6. The third kappa shape index (κ3) is 19.3. The third-order valence-corrected chi connectivity index (χ3v) is 2.54. The first-order valence-electron chi connectivity index (χ1n) is 7.71. The molecular formula is C15H30O6. The van der Waals surface area contributed by atoms with Crippen LogP contribution in [0, 0.1) is 0 Å². The summed E-state index contributed by atoms with van der Waals surface area (Å²) in [4.78, 5) is 10.5. The molecule has 0 spiro atoms. The van der Waals surface area contributed by atoms with E-state index >= 15 is 0 Å². The Morgan fingerprint density at radius 2 is 1.10 bits per heavy atom. The van der Waals surface area contributed by atoms with Crippen LogP contribution in [0.15, 0.2) is 0 Å². The van der Waals surface area contributed by atoms with Crippen molar-refractivity contribution in [2.75, 3.05) is 59.5 Å². The van der Waals surface area contributed by atoms with Crippen LogP contribution in [0.5, 0.6) is 0 Å². The fourth-order valence-electron chi connectivity index (χ4n) is 1.46. The van der Waals surface area contributed by atoms with Crippen molar-refractivity contribution in [1.82, 2.24) is 0 Å². The van der Waals surface area contributed by atoms with Gasteiger partial charge in [-0.05, 0) is 6.42 Å². The van der Waals surface area contributed by atoms with E-state index < -0.39 is 0 Å². The molecule has 0 radical (unpaired) electrons. The van der Waals surface area contributed by atoms with Crippen molar-refractivity contribution in [1.29, 1.82) is 0 Å². The van der Waals surface area contributed by atoms with E-state index in [1.165, 1.54) is 19.8 Å². The molecule has 21 heavy (non-hydrogen) atoms. The van der Waals surface area contributed by atoms with E-state index in [1.807, 2.05) is 0 Å². The summed E-state index contributed by atoms with van der Waals surface area (Å²) >= 11 is 0. The summed E-state index contributed by atoms with van der Waals surface area (Å²) < 4.78 is 26.0. The highest BCUT2D eigenvalue weighted by Crippen LogP contribution is 1.93. The van der Waals surface area contributed by atoms with Crippen LogP contribution in [0.1, 0.15) is 33.1 Å². The predicted octanol–water partition coefficient (Wildman–Crippen LogP) is 1.81. The number of unbranched alkanes of at least 4 members (excludes halogenated alkanes) is 2. The van der Waals surface area contributed by atoms with E-state index in [4.69, 9.17) is 23.7 Å². The van der Waals surface area contributed by atoms with Gasteiger partial charge >= 0.3 is 5.97 Å². The molecule has 6 nitrogen and oxygen atoms in total. The molecule has 0 aliphatic rings. The maximum absolute atomic E-state index is 10.5. The molecule has 0 aromatic heterocycles. The van der Waals surface area contributed by atoms with Crippen molar-refractivity contribution >= 4 is 5.97 Å². The molecule has 0 heterocycles. The number of esters is 1. The van der Waals surface area contributed by atoms with Crippen molar-refractivity contribution in [2.24, 2.45) is 0 Å². The van der Waals surface area contributed by atoms with Gasteiger partial charge in [-0.15, -0.1) is 0 Å². The Morgan fingerprint density at radius 1 is 0.667 bits per heavy atom. The first-order valence-corrected chi connectivity index (χ1v) is 7.71. The Balaban J connectivity index is 2.95. The molecule has 0 aromatic rings. The number of hydrogen-bond donors (Lipinski definition) is 0. The van der Waals surface area contributed by atoms with Crippen LogP contribution in [0.4, 0.5) is 0 Å². The first-order chi connectivity index (χ1) is 10.3. The molecule has 0 N–H and O–H groups in total.